The number of hydrogen-bond donors (Lipinski definition) is 2. The Labute approximate surface area is 123 Å². The molecule has 2 N–H and O–H groups in total. The number of rotatable bonds is 6. The van der Waals surface area contributed by atoms with Gasteiger partial charge in [0.05, 0.1) is 6.10 Å². The van der Waals surface area contributed by atoms with Crippen LogP contribution in [-0.2, 0) is 10.0 Å². The van der Waals surface area contributed by atoms with Crippen molar-refractivity contribution in [3.8, 4) is 0 Å². The number of aryl methyl sites for hydroxylation is 1. The second kappa shape index (κ2) is 6.49. The minimum Gasteiger partial charge on any atom is -0.388 e. The molecule has 1 heterocycles. The van der Waals surface area contributed by atoms with Crippen molar-refractivity contribution in [1.82, 2.24) is 4.72 Å². The van der Waals surface area contributed by atoms with E-state index in [-0.39, 0.29) is 6.54 Å². The van der Waals surface area contributed by atoms with Gasteiger partial charge in [0, 0.05) is 11.4 Å². The van der Waals surface area contributed by atoms with E-state index in [4.69, 9.17) is 0 Å². The highest BCUT2D eigenvalue weighted by Gasteiger charge is 2.16. The predicted molar refractivity (Wildman–Crippen MR) is 80.3 cm³/mol. The zero-order valence-electron chi connectivity index (χ0n) is 11.1. The number of aliphatic hydroxyl groups excluding tert-OH is 1. The molecule has 20 heavy (non-hydrogen) atoms. The fraction of sp³-hybridized carbons (Fsp3) is 0.286. The van der Waals surface area contributed by atoms with Gasteiger partial charge in [0.15, 0.2) is 0 Å². The Morgan fingerprint density at radius 1 is 1.20 bits per heavy atom. The molecule has 0 fully saturated rings. The van der Waals surface area contributed by atoms with Gasteiger partial charge < -0.3 is 5.11 Å². The van der Waals surface area contributed by atoms with Crippen molar-refractivity contribution in [2.75, 3.05) is 6.54 Å². The third-order valence-electron chi connectivity index (χ3n) is 2.87. The topological polar surface area (TPSA) is 66.4 Å². The van der Waals surface area contributed by atoms with E-state index >= 15 is 0 Å². The Hall–Kier alpha value is -1.21. The second-order valence-corrected chi connectivity index (χ2v) is 7.76. The Balaban J connectivity index is 1.90. The van der Waals surface area contributed by atoms with E-state index in [0.29, 0.717) is 10.6 Å². The molecule has 0 spiro atoms. The molecule has 6 heteroatoms. The number of benzene rings is 1. The van der Waals surface area contributed by atoms with Crippen molar-refractivity contribution in [1.29, 1.82) is 0 Å². The summed E-state index contributed by atoms with van der Waals surface area (Å²) in [5.74, 6) is 0. The van der Waals surface area contributed by atoms with Crippen molar-refractivity contribution in [2.24, 2.45) is 0 Å². The summed E-state index contributed by atoms with van der Waals surface area (Å²) in [7, 11) is -3.46. The minimum absolute atomic E-state index is 0.204. The molecule has 1 aromatic carbocycles. The molecule has 0 aliphatic rings. The van der Waals surface area contributed by atoms with Crippen LogP contribution >= 0.6 is 11.3 Å². The van der Waals surface area contributed by atoms with Gasteiger partial charge in [-0.1, -0.05) is 30.3 Å². The van der Waals surface area contributed by atoms with Crippen LogP contribution in [0.25, 0.3) is 0 Å². The third-order valence-corrected chi connectivity index (χ3v) is 5.83. The summed E-state index contributed by atoms with van der Waals surface area (Å²) in [5, 5.41) is 9.96. The molecule has 108 valence electrons. The molecular weight excluding hydrogens is 294 g/mol. The first-order chi connectivity index (χ1) is 9.49. The number of thiophene rings is 1. The van der Waals surface area contributed by atoms with E-state index in [9.17, 15) is 13.5 Å². The van der Waals surface area contributed by atoms with Gasteiger partial charge in [-0.2, -0.15) is 0 Å². The average molecular weight is 311 g/mol. The summed E-state index contributed by atoms with van der Waals surface area (Å²) in [5.41, 5.74) is 0.790. The predicted octanol–water partition coefficient (Wildman–Crippen LogP) is 2.46. The fourth-order valence-electron chi connectivity index (χ4n) is 1.80. The van der Waals surface area contributed by atoms with Crippen LogP contribution in [0.4, 0.5) is 0 Å². The van der Waals surface area contributed by atoms with Crippen molar-refractivity contribution in [3.63, 3.8) is 0 Å². The number of aliphatic hydroxyl groups is 1. The lowest BCUT2D eigenvalue weighted by atomic mass is 10.1. The van der Waals surface area contributed by atoms with Crippen LogP contribution in [0, 0.1) is 6.92 Å². The molecule has 0 bridgehead atoms. The largest absolute Gasteiger partial charge is 0.388 e. The summed E-state index contributed by atoms with van der Waals surface area (Å²) in [6.45, 7) is 2.07. The van der Waals surface area contributed by atoms with Gasteiger partial charge in [-0.15, -0.1) is 11.3 Å². The van der Waals surface area contributed by atoms with E-state index in [1.807, 2.05) is 37.3 Å². The summed E-state index contributed by atoms with van der Waals surface area (Å²) in [6.07, 6.45) is -0.322. The average Bonchev–Trinajstić information content (AvgIpc) is 2.87. The summed E-state index contributed by atoms with van der Waals surface area (Å²) < 4.78 is 26.8. The standard InChI is InChI=1S/C14H17NO3S2/c1-11-7-8-14(19-11)20(17,18)15-10-9-13(16)12-5-3-2-4-6-12/h2-8,13,15-16H,9-10H2,1H3. The van der Waals surface area contributed by atoms with E-state index in [1.54, 1.807) is 12.1 Å². The molecule has 0 aliphatic heterocycles. The fourth-order valence-corrected chi connectivity index (χ4v) is 4.18. The lowest BCUT2D eigenvalue weighted by Crippen LogP contribution is -2.25. The molecule has 1 aromatic heterocycles. The first-order valence-electron chi connectivity index (χ1n) is 6.28. The van der Waals surface area contributed by atoms with E-state index in [0.717, 1.165) is 10.4 Å². The van der Waals surface area contributed by atoms with Crippen LogP contribution in [0.1, 0.15) is 23.0 Å². The zero-order chi connectivity index (χ0) is 14.6. The van der Waals surface area contributed by atoms with Crippen molar-refractivity contribution in [3.05, 3.63) is 52.9 Å². The Kier molecular flexibility index (Phi) is 4.93. The van der Waals surface area contributed by atoms with Crippen molar-refractivity contribution in [2.45, 2.75) is 23.7 Å². The number of sulfonamides is 1. The molecule has 2 rings (SSSR count). The molecule has 2 aromatic rings. The Bertz CT molecular complexity index is 650. The van der Waals surface area contributed by atoms with Gasteiger partial charge in [0.1, 0.15) is 4.21 Å². The van der Waals surface area contributed by atoms with Crippen LogP contribution in [0.5, 0.6) is 0 Å². The first-order valence-corrected chi connectivity index (χ1v) is 8.58. The highest BCUT2D eigenvalue weighted by molar-refractivity contribution is 7.91. The van der Waals surface area contributed by atoms with Crippen LogP contribution in [-0.4, -0.2) is 20.1 Å². The van der Waals surface area contributed by atoms with Gasteiger partial charge in [-0.05, 0) is 31.0 Å². The van der Waals surface area contributed by atoms with E-state index in [1.165, 1.54) is 11.3 Å². The smallest absolute Gasteiger partial charge is 0.250 e. The lowest BCUT2D eigenvalue weighted by molar-refractivity contribution is 0.169. The minimum atomic E-state index is -3.46. The van der Waals surface area contributed by atoms with E-state index < -0.39 is 16.1 Å². The van der Waals surface area contributed by atoms with Gasteiger partial charge in [0.2, 0.25) is 10.0 Å². The summed E-state index contributed by atoms with van der Waals surface area (Å²) in [4.78, 5) is 0.953. The SMILES string of the molecule is Cc1ccc(S(=O)(=O)NCCC(O)c2ccccc2)s1. The first kappa shape index (κ1) is 15.2. The maximum Gasteiger partial charge on any atom is 0.250 e. The number of nitrogens with one attached hydrogen (secondary N) is 1. The van der Waals surface area contributed by atoms with Crippen molar-refractivity contribution >= 4 is 21.4 Å². The monoisotopic (exact) mass is 311 g/mol. The molecule has 4 nitrogen and oxygen atoms in total. The van der Waals surface area contributed by atoms with E-state index in [2.05, 4.69) is 4.72 Å². The highest BCUT2D eigenvalue weighted by atomic mass is 32.2. The molecular formula is C14H17NO3S2. The highest BCUT2D eigenvalue weighted by Crippen LogP contribution is 2.21. The molecule has 0 saturated heterocycles. The lowest BCUT2D eigenvalue weighted by Gasteiger charge is -2.11. The molecule has 0 amide bonds. The summed E-state index contributed by atoms with van der Waals surface area (Å²) in [6, 6.07) is 12.6. The van der Waals surface area contributed by atoms with Gasteiger partial charge >= 0.3 is 0 Å². The van der Waals surface area contributed by atoms with Gasteiger partial charge in [0.25, 0.3) is 0 Å². The van der Waals surface area contributed by atoms with Crippen molar-refractivity contribution < 1.29 is 13.5 Å². The normalized spacial score (nSPS) is 13.3. The third kappa shape index (κ3) is 3.89. The Morgan fingerprint density at radius 2 is 1.90 bits per heavy atom. The summed E-state index contributed by atoms with van der Waals surface area (Å²) >= 11 is 1.24. The molecule has 1 atom stereocenters. The van der Waals surface area contributed by atoms with Crippen LogP contribution in [0.3, 0.4) is 0 Å². The second-order valence-electron chi connectivity index (χ2n) is 4.48. The van der Waals surface area contributed by atoms with Gasteiger partial charge in [-0.25, -0.2) is 13.1 Å². The quantitative estimate of drug-likeness (QED) is 0.861. The van der Waals surface area contributed by atoms with Gasteiger partial charge in [-0.3, -0.25) is 0 Å². The molecule has 1 unspecified atom stereocenters. The number of hydrogen-bond acceptors (Lipinski definition) is 4. The zero-order valence-corrected chi connectivity index (χ0v) is 12.7. The molecule has 0 radical (unpaired) electrons. The van der Waals surface area contributed by atoms with Crippen LogP contribution in [0.15, 0.2) is 46.7 Å². The van der Waals surface area contributed by atoms with Crippen LogP contribution < -0.4 is 4.72 Å². The molecule has 0 saturated carbocycles. The molecule has 0 aliphatic carbocycles. The maximum absolute atomic E-state index is 12.0. The van der Waals surface area contributed by atoms with Crippen LogP contribution in [0.2, 0.25) is 0 Å². The maximum atomic E-state index is 12.0. The Morgan fingerprint density at radius 3 is 2.50 bits per heavy atom.